The predicted molar refractivity (Wildman–Crippen MR) is 117 cm³/mol. The first-order chi connectivity index (χ1) is 14.1. The monoisotopic (exact) mass is 389 g/mol. The van der Waals surface area contributed by atoms with E-state index in [0.717, 1.165) is 54.3 Å². The van der Waals surface area contributed by atoms with E-state index in [1.807, 2.05) is 62.4 Å². The Bertz CT molecular complexity index is 981. The van der Waals surface area contributed by atoms with E-state index in [2.05, 4.69) is 21.2 Å². The second-order valence-electron chi connectivity index (χ2n) is 7.74. The standard InChI is InChI=1S/C23H27N5O/c1-17(2)24-21(29)16-27-12-14-28(15-13-27)23-19-10-6-7-11-20(19)25-22(26-23)18-8-4-3-5-9-18/h3-11,17H,12-16H2,1-2H3,(H,24,29). The van der Waals surface area contributed by atoms with Gasteiger partial charge in [0.05, 0.1) is 12.1 Å². The second-order valence-corrected chi connectivity index (χ2v) is 7.74. The molecule has 2 heterocycles. The number of nitrogens with one attached hydrogen (secondary N) is 1. The molecule has 0 radical (unpaired) electrons. The fourth-order valence-corrected chi connectivity index (χ4v) is 3.71. The quantitative estimate of drug-likeness (QED) is 0.727. The van der Waals surface area contributed by atoms with Gasteiger partial charge in [-0.3, -0.25) is 9.69 Å². The molecule has 0 saturated carbocycles. The summed E-state index contributed by atoms with van der Waals surface area (Å²) in [4.78, 5) is 26.3. The first-order valence-corrected chi connectivity index (χ1v) is 10.2. The summed E-state index contributed by atoms with van der Waals surface area (Å²) in [6, 6.07) is 18.4. The summed E-state index contributed by atoms with van der Waals surface area (Å²) in [5.41, 5.74) is 1.97. The number of hydrogen-bond donors (Lipinski definition) is 1. The van der Waals surface area contributed by atoms with Crippen molar-refractivity contribution in [3.05, 3.63) is 54.6 Å². The molecule has 0 unspecified atom stereocenters. The van der Waals surface area contributed by atoms with E-state index in [-0.39, 0.29) is 11.9 Å². The molecule has 6 heteroatoms. The van der Waals surface area contributed by atoms with Crippen LogP contribution < -0.4 is 10.2 Å². The van der Waals surface area contributed by atoms with Crippen molar-refractivity contribution in [2.24, 2.45) is 0 Å². The molecule has 1 N–H and O–H groups in total. The number of benzene rings is 2. The molecule has 4 rings (SSSR count). The highest BCUT2D eigenvalue weighted by Gasteiger charge is 2.22. The Balaban J connectivity index is 1.56. The fourth-order valence-electron chi connectivity index (χ4n) is 3.71. The van der Waals surface area contributed by atoms with Gasteiger partial charge in [-0.1, -0.05) is 42.5 Å². The van der Waals surface area contributed by atoms with Crippen molar-refractivity contribution in [1.29, 1.82) is 0 Å². The van der Waals surface area contributed by atoms with Crippen LogP contribution in [0.5, 0.6) is 0 Å². The van der Waals surface area contributed by atoms with Gasteiger partial charge in [-0.15, -0.1) is 0 Å². The number of amides is 1. The van der Waals surface area contributed by atoms with Gasteiger partial charge in [0, 0.05) is 43.2 Å². The molecule has 1 fully saturated rings. The van der Waals surface area contributed by atoms with E-state index in [9.17, 15) is 4.79 Å². The maximum atomic E-state index is 12.1. The summed E-state index contributed by atoms with van der Waals surface area (Å²) in [5.74, 6) is 1.81. The number of carbonyl (C=O) groups excluding carboxylic acids is 1. The zero-order valence-electron chi connectivity index (χ0n) is 17.0. The first kappa shape index (κ1) is 19.3. The van der Waals surface area contributed by atoms with Crippen LogP contribution in [0.3, 0.4) is 0 Å². The average molecular weight is 390 g/mol. The molecule has 29 heavy (non-hydrogen) atoms. The summed E-state index contributed by atoms with van der Waals surface area (Å²) >= 11 is 0. The van der Waals surface area contributed by atoms with Gasteiger partial charge in [-0.25, -0.2) is 9.97 Å². The van der Waals surface area contributed by atoms with Gasteiger partial charge in [-0.05, 0) is 26.0 Å². The summed E-state index contributed by atoms with van der Waals surface area (Å²) in [5, 5.41) is 4.04. The Morgan fingerprint density at radius 3 is 2.38 bits per heavy atom. The zero-order valence-corrected chi connectivity index (χ0v) is 17.0. The number of hydrogen-bond acceptors (Lipinski definition) is 5. The molecule has 0 atom stereocenters. The van der Waals surface area contributed by atoms with Crippen molar-refractivity contribution >= 4 is 22.6 Å². The van der Waals surface area contributed by atoms with Crippen molar-refractivity contribution in [3.63, 3.8) is 0 Å². The minimum absolute atomic E-state index is 0.0901. The van der Waals surface area contributed by atoms with Gasteiger partial charge in [0.25, 0.3) is 0 Å². The molecule has 1 aliphatic rings. The maximum absolute atomic E-state index is 12.1. The van der Waals surface area contributed by atoms with Crippen LogP contribution in [-0.4, -0.2) is 59.5 Å². The van der Waals surface area contributed by atoms with E-state index < -0.39 is 0 Å². The minimum Gasteiger partial charge on any atom is -0.353 e. The van der Waals surface area contributed by atoms with Crippen LogP contribution in [0.15, 0.2) is 54.6 Å². The molecular formula is C23H27N5O. The van der Waals surface area contributed by atoms with Crippen molar-refractivity contribution in [1.82, 2.24) is 20.2 Å². The smallest absolute Gasteiger partial charge is 0.234 e. The lowest BCUT2D eigenvalue weighted by atomic mass is 10.1. The minimum atomic E-state index is 0.0901. The molecule has 1 aliphatic heterocycles. The molecule has 1 saturated heterocycles. The molecule has 2 aromatic carbocycles. The highest BCUT2D eigenvalue weighted by molar-refractivity contribution is 5.91. The van der Waals surface area contributed by atoms with E-state index in [0.29, 0.717) is 6.54 Å². The second kappa shape index (κ2) is 8.57. The molecule has 6 nitrogen and oxygen atoms in total. The van der Waals surface area contributed by atoms with Gasteiger partial charge in [0.15, 0.2) is 5.82 Å². The molecule has 1 aromatic heterocycles. The highest BCUT2D eigenvalue weighted by Crippen LogP contribution is 2.28. The summed E-state index contributed by atoms with van der Waals surface area (Å²) in [7, 11) is 0. The molecule has 0 spiro atoms. The predicted octanol–water partition coefficient (Wildman–Crippen LogP) is 2.94. The number of rotatable bonds is 5. The van der Waals surface area contributed by atoms with Crippen LogP contribution in [0.25, 0.3) is 22.3 Å². The largest absolute Gasteiger partial charge is 0.353 e. The third kappa shape index (κ3) is 4.54. The number of fused-ring (bicyclic) bond motifs is 1. The topological polar surface area (TPSA) is 61.4 Å². The Kier molecular flexibility index (Phi) is 5.71. The number of aromatic nitrogens is 2. The molecule has 1 amide bonds. The average Bonchev–Trinajstić information content (AvgIpc) is 2.73. The number of nitrogens with zero attached hydrogens (tertiary/aromatic N) is 4. The molecule has 0 bridgehead atoms. The summed E-state index contributed by atoms with van der Waals surface area (Å²) < 4.78 is 0. The van der Waals surface area contributed by atoms with Gasteiger partial charge >= 0.3 is 0 Å². The molecule has 3 aromatic rings. The first-order valence-electron chi connectivity index (χ1n) is 10.2. The number of carbonyl (C=O) groups is 1. The van der Waals surface area contributed by atoms with Crippen molar-refractivity contribution < 1.29 is 4.79 Å². The number of anilines is 1. The van der Waals surface area contributed by atoms with Crippen LogP contribution in [-0.2, 0) is 4.79 Å². The maximum Gasteiger partial charge on any atom is 0.234 e. The van der Waals surface area contributed by atoms with Crippen molar-refractivity contribution in [3.8, 4) is 11.4 Å². The normalized spacial score (nSPS) is 15.1. The third-order valence-electron chi connectivity index (χ3n) is 5.10. The number of para-hydroxylation sites is 1. The Morgan fingerprint density at radius 1 is 0.966 bits per heavy atom. The van der Waals surface area contributed by atoms with Crippen LogP contribution in [0.1, 0.15) is 13.8 Å². The SMILES string of the molecule is CC(C)NC(=O)CN1CCN(c2nc(-c3ccccc3)nc3ccccc23)CC1. The lowest BCUT2D eigenvalue weighted by molar-refractivity contribution is -0.122. The molecular weight excluding hydrogens is 362 g/mol. The van der Waals surface area contributed by atoms with Crippen molar-refractivity contribution in [2.45, 2.75) is 19.9 Å². The van der Waals surface area contributed by atoms with Crippen LogP contribution in [0, 0.1) is 0 Å². The van der Waals surface area contributed by atoms with Crippen LogP contribution >= 0.6 is 0 Å². The van der Waals surface area contributed by atoms with Crippen LogP contribution in [0.4, 0.5) is 5.82 Å². The Morgan fingerprint density at radius 2 is 1.66 bits per heavy atom. The van der Waals surface area contributed by atoms with Gasteiger partial charge in [0.2, 0.25) is 5.91 Å². The highest BCUT2D eigenvalue weighted by atomic mass is 16.2. The van der Waals surface area contributed by atoms with Gasteiger partial charge < -0.3 is 10.2 Å². The fraction of sp³-hybridized carbons (Fsp3) is 0.348. The van der Waals surface area contributed by atoms with Crippen molar-refractivity contribution in [2.75, 3.05) is 37.6 Å². The van der Waals surface area contributed by atoms with E-state index in [1.54, 1.807) is 0 Å². The lowest BCUT2D eigenvalue weighted by Gasteiger charge is -2.35. The van der Waals surface area contributed by atoms with Gasteiger partial charge in [0.1, 0.15) is 5.82 Å². The lowest BCUT2D eigenvalue weighted by Crippen LogP contribution is -2.50. The summed E-state index contributed by atoms with van der Waals surface area (Å²) in [6.45, 7) is 7.77. The van der Waals surface area contributed by atoms with E-state index >= 15 is 0 Å². The Labute approximate surface area is 171 Å². The molecule has 0 aliphatic carbocycles. The molecule has 150 valence electrons. The third-order valence-corrected chi connectivity index (χ3v) is 5.10. The van der Waals surface area contributed by atoms with Gasteiger partial charge in [-0.2, -0.15) is 0 Å². The summed E-state index contributed by atoms with van der Waals surface area (Å²) in [6.07, 6.45) is 0. The van der Waals surface area contributed by atoms with E-state index in [4.69, 9.17) is 9.97 Å². The Hall–Kier alpha value is -2.99. The zero-order chi connectivity index (χ0) is 20.2. The van der Waals surface area contributed by atoms with E-state index in [1.165, 1.54) is 0 Å². The number of piperazine rings is 1. The van der Waals surface area contributed by atoms with Crippen LogP contribution in [0.2, 0.25) is 0 Å².